The van der Waals surface area contributed by atoms with Crippen LogP contribution in [0.25, 0.3) is 0 Å². The molecule has 1 rings (SSSR count). The van der Waals surface area contributed by atoms with Gasteiger partial charge in [0.25, 0.3) is 0 Å². The average Bonchev–Trinajstić information content (AvgIpc) is 2.03. The molecule has 0 radical (unpaired) electrons. The zero-order chi connectivity index (χ0) is 9.14. The number of hydrogen-bond acceptors (Lipinski definition) is 1. The Labute approximate surface area is 98.0 Å². The Morgan fingerprint density at radius 1 is 1.58 bits per heavy atom. The van der Waals surface area contributed by atoms with E-state index in [1.807, 2.05) is 6.07 Å². The smallest absolute Gasteiger partial charge is 0.101 e. The number of hydrogen-bond donors (Lipinski definition) is 0. The third kappa shape index (κ3) is 2.12. The molecule has 0 atom stereocenters. The second-order valence-corrected chi connectivity index (χ2v) is 4.38. The van der Waals surface area contributed by atoms with Crippen LogP contribution in [0.3, 0.4) is 0 Å². The molecule has 12 heavy (non-hydrogen) atoms. The molecule has 1 aromatic carbocycles. The molecule has 0 aliphatic carbocycles. The summed E-state index contributed by atoms with van der Waals surface area (Å²) in [4.78, 5) is 0. The van der Waals surface area contributed by atoms with Gasteiger partial charge in [0.05, 0.1) is 10.6 Å². The minimum absolute atomic E-state index is 0.527. The molecule has 0 unspecified atom stereocenters. The Hall–Kier alpha value is 0.210. The van der Waals surface area contributed by atoms with Crippen molar-refractivity contribution >= 4 is 50.1 Å². The van der Waals surface area contributed by atoms with Crippen molar-refractivity contribution in [3.63, 3.8) is 0 Å². The highest BCUT2D eigenvalue weighted by Crippen LogP contribution is 2.24. The van der Waals surface area contributed by atoms with Crippen molar-refractivity contribution in [2.75, 3.05) is 0 Å². The van der Waals surface area contributed by atoms with Gasteiger partial charge in [0.2, 0.25) is 0 Å². The molecule has 4 heteroatoms. The molecule has 0 fully saturated rings. The molecule has 1 aromatic rings. The molecular weight excluding hydrogens is 352 g/mol. The Morgan fingerprint density at radius 3 is 2.75 bits per heavy atom. The van der Waals surface area contributed by atoms with Crippen LogP contribution in [0.5, 0.6) is 0 Å². The zero-order valence-corrected chi connectivity index (χ0v) is 10.4. The van der Waals surface area contributed by atoms with Crippen molar-refractivity contribution in [3.05, 3.63) is 31.9 Å². The van der Waals surface area contributed by atoms with Crippen LogP contribution in [0.1, 0.15) is 11.1 Å². The van der Waals surface area contributed by atoms with Gasteiger partial charge in [0, 0.05) is 8.90 Å². The maximum absolute atomic E-state index is 8.76. The molecule has 0 spiro atoms. The van der Waals surface area contributed by atoms with E-state index in [0.717, 1.165) is 9.13 Å². The van der Waals surface area contributed by atoms with Gasteiger partial charge < -0.3 is 0 Å². The highest BCUT2D eigenvalue weighted by atomic mass is 127. The first-order valence-electron chi connectivity index (χ1n) is 3.13. The third-order valence-electron chi connectivity index (χ3n) is 1.39. The van der Waals surface area contributed by atoms with Crippen LogP contribution in [0.4, 0.5) is 0 Å². The quantitative estimate of drug-likeness (QED) is 0.556. The summed E-state index contributed by atoms with van der Waals surface area (Å²) in [5.41, 5.74) is 1.50. The fraction of sp³-hybridized carbons (Fsp3) is 0.125. The third-order valence-corrected chi connectivity index (χ3v) is 2.92. The van der Waals surface area contributed by atoms with Crippen molar-refractivity contribution in [3.8, 4) is 6.07 Å². The number of alkyl halides is 1. The lowest BCUT2D eigenvalue weighted by molar-refractivity contribution is 1.36. The first-order valence-corrected chi connectivity index (χ1v) is 5.71. The molecule has 0 aliphatic rings. The van der Waals surface area contributed by atoms with Gasteiger partial charge in [-0.15, -0.1) is 0 Å². The average molecular weight is 356 g/mol. The molecule has 62 valence electrons. The Balaban J connectivity index is 3.36. The van der Waals surface area contributed by atoms with Crippen molar-refractivity contribution < 1.29 is 0 Å². The summed E-state index contributed by atoms with van der Waals surface area (Å²) in [6.45, 7) is 0. The van der Waals surface area contributed by atoms with E-state index >= 15 is 0 Å². The second-order valence-electron chi connectivity index (χ2n) is 2.17. The molecule has 1 nitrogen and oxygen atoms in total. The van der Waals surface area contributed by atoms with Gasteiger partial charge >= 0.3 is 0 Å². The van der Waals surface area contributed by atoms with Gasteiger partial charge in [-0.25, -0.2) is 0 Å². The fourth-order valence-corrected chi connectivity index (χ4v) is 2.45. The predicted octanol–water partition coefficient (Wildman–Crippen LogP) is 3.71. The van der Waals surface area contributed by atoms with Crippen LogP contribution in [0.15, 0.2) is 12.1 Å². The highest BCUT2D eigenvalue weighted by Gasteiger charge is 2.06. The predicted molar refractivity (Wildman–Crippen MR) is 61.5 cm³/mol. The molecule has 0 bridgehead atoms. The molecule has 0 saturated heterocycles. The fourth-order valence-electron chi connectivity index (χ4n) is 0.857. The standard InChI is InChI=1S/C8H4BrClIN/c9-3-5-1-6(11)2-8(10)7(5)4-12/h1-2H,3H2. The van der Waals surface area contributed by atoms with Gasteiger partial charge in [-0.05, 0) is 40.3 Å². The van der Waals surface area contributed by atoms with Crippen molar-refractivity contribution in [2.45, 2.75) is 5.33 Å². The van der Waals surface area contributed by atoms with Gasteiger partial charge in [0.1, 0.15) is 6.07 Å². The van der Waals surface area contributed by atoms with Crippen LogP contribution in [0.2, 0.25) is 5.02 Å². The Morgan fingerprint density at radius 2 is 2.25 bits per heavy atom. The Bertz CT molecular complexity index is 346. The van der Waals surface area contributed by atoms with Gasteiger partial charge in [0.15, 0.2) is 0 Å². The van der Waals surface area contributed by atoms with E-state index in [0.29, 0.717) is 15.9 Å². The summed E-state index contributed by atoms with van der Waals surface area (Å²) >= 11 is 11.3. The summed E-state index contributed by atoms with van der Waals surface area (Å²) in [5.74, 6) is 0. The molecule has 0 aliphatic heterocycles. The summed E-state index contributed by atoms with van der Waals surface area (Å²) < 4.78 is 1.05. The lowest BCUT2D eigenvalue weighted by Crippen LogP contribution is -1.88. The van der Waals surface area contributed by atoms with E-state index in [9.17, 15) is 0 Å². The van der Waals surface area contributed by atoms with Crippen LogP contribution in [-0.2, 0) is 5.33 Å². The summed E-state index contributed by atoms with van der Waals surface area (Å²) in [6, 6.07) is 5.81. The van der Waals surface area contributed by atoms with E-state index in [4.69, 9.17) is 16.9 Å². The van der Waals surface area contributed by atoms with Crippen molar-refractivity contribution in [2.24, 2.45) is 0 Å². The molecule has 0 N–H and O–H groups in total. The Kier molecular flexibility index (Phi) is 3.81. The zero-order valence-electron chi connectivity index (χ0n) is 5.94. The monoisotopic (exact) mass is 355 g/mol. The van der Waals surface area contributed by atoms with Crippen molar-refractivity contribution in [1.29, 1.82) is 5.26 Å². The lowest BCUT2D eigenvalue weighted by Gasteiger charge is -2.02. The van der Waals surface area contributed by atoms with E-state index in [1.165, 1.54) is 0 Å². The van der Waals surface area contributed by atoms with Crippen LogP contribution >= 0.6 is 50.1 Å². The SMILES string of the molecule is N#Cc1c(Cl)cc(I)cc1CBr. The van der Waals surface area contributed by atoms with E-state index in [-0.39, 0.29) is 0 Å². The van der Waals surface area contributed by atoms with Gasteiger partial charge in [-0.2, -0.15) is 5.26 Å². The first-order chi connectivity index (χ1) is 5.69. The normalized spacial score (nSPS) is 9.50. The number of rotatable bonds is 1. The minimum Gasteiger partial charge on any atom is -0.192 e. The maximum Gasteiger partial charge on any atom is 0.101 e. The summed E-state index contributed by atoms with van der Waals surface area (Å²) in [5, 5.41) is 9.95. The molecular formula is C8H4BrClIN. The number of halogens is 3. The van der Waals surface area contributed by atoms with E-state index in [1.54, 1.807) is 6.07 Å². The first kappa shape index (κ1) is 10.3. The molecule has 0 heterocycles. The number of nitriles is 1. The largest absolute Gasteiger partial charge is 0.192 e. The summed E-state index contributed by atoms with van der Waals surface area (Å²) in [7, 11) is 0. The van der Waals surface area contributed by atoms with Crippen LogP contribution in [0, 0.1) is 14.9 Å². The molecule has 0 aromatic heterocycles. The van der Waals surface area contributed by atoms with Gasteiger partial charge in [-0.3, -0.25) is 0 Å². The number of benzene rings is 1. The highest BCUT2D eigenvalue weighted by molar-refractivity contribution is 14.1. The van der Waals surface area contributed by atoms with Crippen LogP contribution in [-0.4, -0.2) is 0 Å². The topological polar surface area (TPSA) is 23.8 Å². The number of nitrogens with zero attached hydrogens (tertiary/aromatic N) is 1. The van der Waals surface area contributed by atoms with Crippen molar-refractivity contribution in [1.82, 2.24) is 0 Å². The second kappa shape index (κ2) is 4.45. The lowest BCUT2D eigenvalue weighted by atomic mass is 10.1. The van der Waals surface area contributed by atoms with E-state index < -0.39 is 0 Å². The maximum atomic E-state index is 8.76. The minimum atomic E-state index is 0.527. The summed E-state index contributed by atoms with van der Waals surface area (Å²) in [6.07, 6.45) is 0. The van der Waals surface area contributed by atoms with Crippen LogP contribution < -0.4 is 0 Å². The molecule has 0 saturated carbocycles. The van der Waals surface area contributed by atoms with E-state index in [2.05, 4.69) is 44.6 Å². The molecule has 0 amide bonds. The van der Waals surface area contributed by atoms with Gasteiger partial charge in [-0.1, -0.05) is 27.5 Å².